The molecule has 0 unspecified atom stereocenters. The first-order valence-corrected chi connectivity index (χ1v) is 7.78. The van der Waals surface area contributed by atoms with Gasteiger partial charge in [-0.15, -0.1) is 0 Å². The summed E-state index contributed by atoms with van der Waals surface area (Å²) in [6.45, 7) is 2.08. The first kappa shape index (κ1) is 13.3. The Balaban J connectivity index is 1.61. The maximum absolute atomic E-state index is 4.56. The molecule has 0 amide bonds. The van der Waals surface area contributed by atoms with E-state index in [1.807, 2.05) is 18.5 Å². The Kier molecular flexibility index (Phi) is 3.07. The molecular weight excluding hydrogens is 270 g/mol. The maximum Gasteiger partial charge on any atom is 0.156 e. The summed E-state index contributed by atoms with van der Waals surface area (Å²) < 4.78 is 0. The Hall–Kier alpha value is -2.42. The van der Waals surface area contributed by atoms with Crippen LogP contribution >= 0.6 is 0 Å². The highest BCUT2D eigenvalue weighted by Crippen LogP contribution is 2.50. The van der Waals surface area contributed by atoms with Crippen molar-refractivity contribution in [2.24, 2.45) is 0 Å². The number of aromatic nitrogens is 3. The van der Waals surface area contributed by atoms with Crippen LogP contribution in [0.15, 0.2) is 54.9 Å². The third-order valence-corrected chi connectivity index (χ3v) is 4.54. The molecule has 0 bridgehead atoms. The number of rotatable bonds is 4. The summed E-state index contributed by atoms with van der Waals surface area (Å²) >= 11 is 0. The number of imidazole rings is 1. The van der Waals surface area contributed by atoms with Crippen LogP contribution in [0.4, 0.5) is 0 Å². The van der Waals surface area contributed by atoms with Gasteiger partial charge in [0.25, 0.3) is 0 Å². The van der Waals surface area contributed by atoms with Gasteiger partial charge in [-0.25, -0.2) is 4.98 Å². The van der Waals surface area contributed by atoms with Gasteiger partial charge < -0.3 is 4.98 Å². The van der Waals surface area contributed by atoms with E-state index in [9.17, 15) is 0 Å². The van der Waals surface area contributed by atoms with Gasteiger partial charge in [-0.05, 0) is 49.4 Å². The van der Waals surface area contributed by atoms with E-state index >= 15 is 0 Å². The van der Waals surface area contributed by atoms with Crippen molar-refractivity contribution in [2.75, 3.05) is 0 Å². The highest BCUT2D eigenvalue weighted by atomic mass is 15.0. The summed E-state index contributed by atoms with van der Waals surface area (Å²) in [5.74, 6) is 0.873. The largest absolute Gasteiger partial charge is 0.340 e. The molecule has 1 N–H and O–H groups in total. The second-order valence-electron chi connectivity index (χ2n) is 6.31. The van der Waals surface area contributed by atoms with Crippen LogP contribution < -0.4 is 0 Å². The van der Waals surface area contributed by atoms with E-state index in [1.54, 1.807) is 0 Å². The van der Waals surface area contributed by atoms with Crippen LogP contribution in [0, 0.1) is 6.92 Å². The Morgan fingerprint density at radius 2 is 1.91 bits per heavy atom. The fourth-order valence-corrected chi connectivity index (χ4v) is 3.07. The van der Waals surface area contributed by atoms with Gasteiger partial charge in [-0.1, -0.05) is 30.3 Å². The molecule has 1 fully saturated rings. The van der Waals surface area contributed by atoms with Crippen molar-refractivity contribution < 1.29 is 0 Å². The SMILES string of the molecule is Cc1ccnc(-c2ncc(C3(Cc4ccccc4)CC3)[nH]2)c1. The number of hydrogen-bond donors (Lipinski definition) is 1. The molecule has 0 spiro atoms. The van der Waals surface area contributed by atoms with Crippen molar-refractivity contribution >= 4 is 0 Å². The van der Waals surface area contributed by atoms with Gasteiger partial charge in [-0.2, -0.15) is 0 Å². The molecule has 1 saturated carbocycles. The van der Waals surface area contributed by atoms with Crippen molar-refractivity contribution in [1.29, 1.82) is 0 Å². The van der Waals surface area contributed by atoms with Gasteiger partial charge in [0.1, 0.15) is 5.69 Å². The van der Waals surface area contributed by atoms with Crippen molar-refractivity contribution in [2.45, 2.75) is 31.6 Å². The minimum absolute atomic E-state index is 0.246. The van der Waals surface area contributed by atoms with E-state index in [4.69, 9.17) is 0 Å². The molecular formula is C19H19N3. The Morgan fingerprint density at radius 3 is 2.64 bits per heavy atom. The van der Waals surface area contributed by atoms with E-state index in [1.165, 1.54) is 29.7 Å². The second-order valence-corrected chi connectivity index (χ2v) is 6.31. The second kappa shape index (κ2) is 5.09. The van der Waals surface area contributed by atoms with Crippen molar-refractivity contribution in [3.63, 3.8) is 0 Å². The molecule has 3 aromatic rings. The van der Waals surface area contributed by atoms with E-state index in [0.717, 1.165) is 17.9 Å². The van der Waals surface area contributed by atoms with Crippen LogP contribution in [0.2, 0.25) is 0 Å². The number of nitrogens with zero attached hydrogens (tertiary/aromatic N) is 2. The molecule has 1 aromatic carbocycles. The van der Waals surface area contributed by atoms with Crippen LogP contribution in [0.1, 0.15) is 29.7 Å². The highest BCUT2D eigenvalue weighted by Gasteiger charge is 2.45. The third-order valence-electron chi connectivity index (χ3n) is 4.54. The quantitative estimate of drug-likeness (QED) is 0.787. The molecule has 4 rings (SSSR count). The van der Waals surface area contributed by atoms with E-state index < -0.39 is 0 Å². The molecule has 0 atom stereocenters. The van der Waals surface area contributed by atoms with Gasteiger partial charge in [-0.3, -0.25) is 4.98 Å². The summed E-state index contributed by atoms with van der Waals surface area (Å²) in [7, 11) is 0. The molecule has 1 aliphatic rings. The normalized spacial score (nSPS) is 15.7. The molecule has 22 heavy (non-hydrogen) atoms. The zero-order chi connectivity index (χ0) is 15.0. The number of aryl methyl sites for hydroxylation is 1. The third kappa shape index (κ3) is 2.43. The lowest BCUT2D eigenvalue weighted by molar-refractivity contribution is 0.667. The first-order chi connectivity index (χ1) is 10.8. The number of pyridine rings is 1. The van der Waals surface area contributed by atoms with E-state index in [2.05, 4.69) is 58.3 Å². The lowest BCUT2D eigenvalue weighted by Gasteiger charge is -2.13. The van der Waals surface area contributed by atoms with Crippen molar-refractivity contribution in [3.05, 3.63) is 71.7 Å². The summed E-state index contributed by atoms with van der Waals surface area (Å²) in [5, 5.41) is 0. The number of benzene rings is 1. The number of hydrogen-bond acceptors (Lipinski definition) is 2. The monoisotopic (exact) mass is 289 g/mol. The van der Waals surface area contributed by atoms with Crippen LogP contribution in [0.3, 0.4) is 0 Å². The number of H-pyrrole nitrogens is 1. The van der Waals surface area contributed by atoms with Crippen LogP contribution in [-0.4, -0.2) is 15.0 Å². The lowest BCUT2D eigenvalue weighted by atomic mass is 9.94. The predicted octanol–water partition coefficient (Wildman–Crippen LogP) is 4.05. The van der Waals surface area contributed by atoms with Crippen molar-refractivity contribution in [1.82, 2.24) is 15.0 Å². The average molecular weight is 289 g/mol. The standard InChI is InChI=1S/C19H19N3/c1-14-7-10-20-16(11-14)18-21-13-17(22-18)19(8-9-19)12-15-5-3-2-4-6-15/h2-7,10-11,13H,8-9,12H2,1H3,(H,21,22). The molecule has 1 aliphatic carbocycles. The molecule has 2 aromatic heterocycles. The molecule has 3 nitrogen and oxygen atoms in total. The lowest BCUT2D eigenvalue weighted by Crippen LogP contribution is -2.11. The topological polar surface area (TPSA) is 41.6 Å². The van der Waals surface area contributed by atoms with Crippen LogP contribution in [0.25, 0.3) is 11.5 Å². The summed E-state index contributed by atoms with van der Waals surface area (Å²) in [6, 6.07) is 14.8. The summed E-state index contributed by atoms with van der Waals surface area (Å²) in [4.78, 5) is 12.5. The van der Waals surface area contributed by atoms with Crippen molar-refractivity contribution in [3.8, 4) is 11.5 Å². The van der Waals surface area contributed by atoms with Crippen LogP contribution in [-0.2, 0) is 11.8 Å². The Morgan fingerprint density at radius 1 is 1.09 bits per heavy atom. The molecule has 110 valence electrons. The van der Waals surface area contributed by atoms with E-state index in [0.29, 0.717) is 0 Å². The first-order valence-electron chi connectivity index (χ1n) is 7.78. The van der Waals surface area contributed by atoms with E-state index in [-0.39, 0.29) is 5.41 Å². The molecule has 0 radical (unpaired) electrons. The van der Waals surface area contributed by atoms with Gasteiger partial charge in [0.15, 0.2) is 5.82 Å². The molecule has 2 heterocycles. The number of nitrogens with one attached hydrogen (secondary N) is 1. The van der Waals surface area contributed by atoms with Gasteiger partial charge in [0, 0.05) is 23.5 Å². The Bertz CT molecular complexity index is 785. The van der Waals surface area contributed by atoms with Gasteiger partial charge in [0.05, 0.1) is 0 Å². The smallest absolute Gasteiger partial charge is 0.156 e. The predicted molar refractivity (Wildman–Crippen MR) is 87.6 cm³/mol. The van der Waals surface area contributed by atoms with Crippen LogP contribution in [0.5, 0.6) is 0 Å². The van der Waals surface area contributed by atoms with Gasteiger partial charge >= 0.3 is 0 Å². The number of aromatic amines is 1. The minimum Gasteiger partial charge on any atom is -0.340 e. The summed E-state index contributed by atoms with van der Waals surface area (Å²) in [6.07, 6.45) is 7.37. The zero-order valence-electron chi connectivity index (χ0n) is 12.7. The average Bonchev–Trinajstić information content (AvgIpc) is 3.13. The molecule has 0 aliphatic heterocycles. The molecule has 0 saturated heterocycles. The minimum atomic E-state index is 0.246. The van der Waals surface area contributed by atoms with Gasteiger partial charge in [0.2, 0.25) is 0 Å². The zero-order valence-corrected chi connectivity index (χ0v) is 12.7. The highest BCUT2D eigenvalue weighted by molar-refractivity contribution is 5.51. The Labute approximate surface area is 130 Å². The fourth-order valence-electron chi connectivity index (χ4n) is 3.07. The summed E-state index contributed by atoms with van der Waals surface area (Å²) in [5.41, 5.74) is 5.01. The fraction of sp³-hybridized carbons (Fsp3) is 0.263. The maximum atomic E-state index is 4.56. The molecule has 3 heteroatoms.